The number of halogens is 4. The van der Waals surface area contributed by atoms with Gasteiger partial charge < -0.3 is 14.8 Å². The summed E-state index contributed by atoms with van der Waals surface area (Å²) >= 11 is 6.36. The van der Waals surface area contributed by atoms with Gasteiger partial charge in [0, 0.05) is 25.1 Å². The lowest BCUT2D eigenvalue weighted by Crippen LogP contribution is -2.21. The van der Waals surface area contributed by atoms with Gasteiger partial charge in [-0.05, 0) is 37.1 Å². The highest BCUT2D eigenvalue weighted by Gasteiger charge is 2.30. The van der Waals surface area contributed by atoms with Crippen LogP contribution in [-0.2, 0) is 10.9 Å². The van der Waals surface area contributed by atoms with Crippen molar-refractivity contribution < 1.29 is 27.4 Å². The number of hydrogen-bond acceptors (Lipinski definition) is 5. The number of amides is 1. The maximum Gasteiger partial charge on any atom is 0.416 e. The van der Waals surface area contributed by atoms with Crippen molar-refractivity contribution in [2.75, 3.05) is 25.6 Å². The number of methoxy groups -OCH3 is 1. The number of hydrogen-bond donors (Lipinski definition) is 1. The van der Waals surface area contributed by atoms with Gasteiger partial charge in [0.25, 0.3) is 5.91 Å². The lowest BCUT2D eigenvalue weighted by atomic mass is 10.1. The molecule has 1 N–H and O–H groups in total. The molecule has 2 aromatic heterocycles. The molecule has 11 heteroatoms. The Kier molecular flexibility index (Phi) is 5.76. The molecule has 31 heavy (non-hydrogen) atoms. The van der Waals surface area contributed by atoms with Crippen LogP contribution in [0.4, 0.5) is 18.9 Å². The molecule has 1 aliphatic heterocycles. The van der Waals surface area contributed by atoms with E-state index in [2.05, 4.69) is 15.4 Å². The molecule has 164 valence electrons. The average Bonchev–Trinajstić information content (AvgIpc) is 3.10. The number of ether oxygens (including phenoxy) is 2. The average molecular weight is 455 g/mol. The number of benzene rings is 1. The van der Waals surface area contributed by atoms with E-state index in [1.807, 2.05) is 0 Å². The van der Waals surface area contributed by atoms with E-state index in [1.54, 1.807) is 4.68 Å². The number of anilines is 1. The molecule has 0 radical (unpaired) electrons. The molecule has 0 bridgehead atoms. The van der Waals surface area contributed by atoms with E-state index >= 15 is 0 Å². The van der Waals surface area contributed by atoms with Crippen molar-refractivity contribution >= 4 is 34.2 Å². The van der Waals surface area contributed by atoms with Gasteiger partial charge in [0.2, 0.25) is 0 Å². The summed E-state index contributed by atoms with van der Waals surface area (Å²) in [4.78, 5) is 17.2. The summed E-state index contributed by atoms with van der Waals surface area (Å²) in [5.41, 5.74) is -0.0363. The number of carbonyl (C=O) groups excluding carboxylic acids is 1. The molecule has 0 atom stereocenters. The third-order valence-electron chi connectivity index (χ3n) is 5.09. The Morgan fingerprint density at radius 2 is 1.94 bits per heavy atom. The van der Waals surface area contributed by atoms with Crippen molar-refractivity contribution in [2.45, 2.75) is 25.1 Å². The van der Waals surface area contributed by atoms with Crippen molar-refractivity contribution in [1.82, 2.24) is 14.8 Å². The Bertz CT molecular complexity index is 1110. The minimum atomic E-state index is -4.46. The first-order valence-corrected chi connectivity index (χ1v) is 9.84. The SMILES string of the molecule is COc1c(C(=O)Nc2ccc(C(F)(F)F)cc2)cnc2c1c(Cl)nn2C1CCOCC1. The van der Waals surface area contributed by atoms with Crippen LogP contribution in [0.5, 0.6) is 5.75 Å². The van der Waals surface area contributed by atoms with Crippen molar-refractivity contribution in [2.24, 2.45) is 0 Å². The summed E-state index contributed by atoms with van der Waals surface area (Å²) in [6, 6.07) is 4.20. The van der Waals surface area contributed by atoms with E-state index in [9.17, 15) is 18.0 Å². The van der Waals surface area contributed by atoms with Gasteiger partial charge in [-0.2, -0.15) is 18.3 Å². The molecule has 3 heterocycles. The van der Waals surface area contributed by atoms with E-state index in [1.165, 1.54) is 25.4 Å². The van der Waals surface area contributed by atoms with Gasteiger partial charge in [-0.1, -0.05) is 11.6 Å². The number of pyridine rings is 1. The van der Waals surface area contributed by atoms with Gasteiger partial charge in [0.15, 0.2) is 10.8 Å². The maximum atomic E-state index is 12.8. The summed E-state index contributed by atoms with van der Waals surface area (Å²) in [7, 11) is 1.39. The lowest BCUT2D eigenvalue weighted by Gasteiger charge is -2.22. The normalized spacial score (nSPS) is 15.3. The van der Waals surface area contributed by atoms with Crippen molar-refractivity contribution in [3.8, 4) is 5.75 Å². The molecule has 0 unspecified atom stereocenters. The van der Waals surface area contributed by atoms with E-state index in [0.29, 0.717) is 24.2 Å². The summed E-state index contributed by atoms with van der Waals surface area (Å²) in [5, 5.41) is 7.48. The predicted molar refractivity (Wildman–Crippen MR) is 108 cm³/mol. The quantitative estimate of drug-likeness (QED) is 0.617. The summed E-state index contributed by atoms with van der Waals surface area (Å²) in [6.45, 7) is 1.21. The minimum absolute atomic E-state index is 0.0628. The fourth-order valence-corrected chi connectivity index (χ4v) is 3.79. The number of nitrogens with one attached hydrogen (secondary N) is 1. The molecule has 0 saturated carbocycles. The predicted octanol–water partition coefficient (Wildman–Crippen LogP) is 4.72. The number of aromatic nitrogens is 3. The van der Waals surface area contributed by atoms with Crippen molar-refractivity contribution in [3.63, 3.8) is 0 Å². The van der Waals surface area contributed by atoms with Crippen LogP contribution >= 0.6 is 11.6 Å². The Morgan fingerprint density at radius 1 is 1.26 bits per heavy atom. The second kappa shape index (κ2) is 8.35. The first-order valence-electron chi connectivity index (χ1n) is 9.46. The molecule has 1 aliphatic rings. The highest BCUT2D eigenvalue weighted by atomic mass is 35.5. The number of carbonyl (C=O) groups is 1. The Balaban J connectivity index is 1.66. The molecular weight excluding hydrogens is 437 g/mol. The van der Waals surface area contributed by atoms with Crippen molar-refractivity contribution in [3.05, 3.63) is 46.7 Å². The molecule has 4 rings (SSSR count). The van der Waals surface area contributed by atoms with Gasteiger partial charge in [-0.15, -0.1) is 0 Å². The van der Waals surface area contributed by atoms with Crippen LogP contribution in [0.15, 0.2) is 30.5 Å². The van der Waals surface area contributed by atoms with Crippen LogP contribution in [0.25, 0.3) is 11.0 Å². The van der Waals surface area contributed by atoms with E-state index in [-0.39, 0.29) is 28.2 Å². The number of rotatable bonds is 4. The first-order chi connectivity index (χ1) is 14.8. The zero-order valence-electron chi connectivity index (χ0n) is 16.4. The zero-order chi connectivity index (χ0) is 22.2. The summed E-state index contributed by atoms with van der Waals surface area (Å²) in [5.74, 6) is -0.404. The standard InChI is InChI=1S/C20H18ClF3N4O3/c1-30-16-14(19(29)26-12-4-2-11(3-5-12)20(22,23)24)10-25-18-15(16)17(21)27-28(18)13-6-8-31-9-7-13/h2-5,10,13H,6-9H2,1H3,(H,26,29). The van der Waals surface area contributed by atoms with Gasteiger partial charge in [0.05, 0.1) is 18.7 Å². The molecule has 0 spiro atoms. The number of nitrogens with zero attached hydrogens (tertiary/aromatic N) is 3. The van der Waals surface area contributed by atoms with Crippen LogP contribution in [-0.4, -0.2) is 41.0 Å². The van der Waals surface area contributed by atoms with Crippen molar-refractivity contribution in [1.29, 1.82) is 0 Å². The van der Waals surface area contributed by atoms with Gasteiger partial charge in [0.1, 0.15) is 16.7 Å². The highest BCUT2D eigenvalue weighted by Crippen LogP contribution is 2.37. The lowest BCUT2D eigenvalue weighted by molar-refractivity contribution is -0.137. The topological polar surface area (TPSA) is 78.3 Å². The Morgan fingerprint density at radius 3 is 2.55 bits per heavy atom. The second-order valence-electron chi connectivity index (χ2n) is 7.01. The van der Waals surface area contributed by atoms with E-state index in [4.69, 9.17) is 21.1 Å². The fraction of sp³-hybridized carbons (Fsp3) is 0.350. The van der Waals surface area contributed by atoms with Crippen LogP contribution < -0.4 is 10.1 Å². The van der Waals surface area contributed by atoms with E-state index in [0.717, 1.165) is 25.0 Å². The Labute approximate surface area is 180 Å². The van der Waals surface area contributed by atoms with Crippen LogP contribution in [0.1, 0.15) is 34.8 Å². The number of alkyl halides is 3. The maximum absolute atomic E-state index is 12.8. The molecule has 1 fully saturated rings. The summed E-state index contributed by atoms with van der Waals surface area (Å²) in [6.07, 6.45) is -1.60. The number of fused-ring (bicyclic) bond motifs is 1. The van der Waals surface area contributed by atoms with Crippen LogP contribution in [0.3, 0.4) is 0 Å². The molecule has 1 saturated heterocycles. The Hall–Kier alpha value is -2.85. The highest BCUT2D eigenvalue weighted by molar-refractivity contribution is 6.35. The molecule has 1 amide bonds. The molecule has 7 nitrogen and oxygen atoms in total. The minimum Gasteiger partial charge on any atom is -0.495 e. The first kappa shape index (κ1) is 21.4. The van der Waals surface area contributed by atoms with Crippen LogP contribution in [0, 0.1) is 0 Å². The van der Waals surface area contributed by atoms with Gasteiger partial charge >= 0.3 is 6.18 Å². The molecule has 0 aliphatic carbocycles. The third kappa shape index (κ3) is 4.17. The van der Waals surface area contributed by atoms with E-state index < -0.39 is 17.6 Å². The van der Waals surface area contributed by atoms with Crippen LogP contribution in [0.2, 0.25) is 5.15 Å². The van der Waals surface area contributed by atoms with Gasteiger partial charge in [-0.25, -0.2) is 9.67 Å². The van der Waals surface area contributed by atoms with Gasteiger partial charge in [-0.3, -0.25) is 4.79 Å². The molecule has 3 aromatic rings. The third-order valence-corrected chi connectivity index (χ3v) is 5.35. The zero-order valence-corrected chi connectivity index (χ0v) is 17.1. The largest absolute Gasteiger partial charge is 0.495 e. The smallest absolute Gasteiger partial charge is 0.416 e. The molecule has 1 aromatic carbocycles. The monoisotopic (exact) mass is 454 g/mol. The second-order valence-corrected chi connectivity index (χ2v) is 7.37. The molecular formula is C20H18ClF3N4O3. The summed E-state index contributed by atoms with van der Waals surface area (Å²) < 4.78 is 50.7. The fourth-order valence-electron chi connectivity index (χ4n) is 3.54.